The minimum absolute atomic E-state index is 0.0269. The van der Waals surface area contributed by atoms with Crippen LogP contribution in [-0.2, 0) is 16.1 Å². The molecule has 0 radical (unpaired) electrons. The van der Waals surface area contributed by atoms with E-state index in [4.69, 9.17) is 4.74 Å². The van der Waals surface area contributed by atoms with Crippen molar-refractivity contribution in [3.05, 3.63) is 52.6 Å². The zero-order valence-electron chi connectivity index (χ0n) is 16.0. The highest BCUT2D eigenvalue weighted by Crippen LogP contribution is 2.26. The first-order chi connectivity index (χ1) is 14.6. The highest BCUT2D eigenvalue weighted by Gasteiger charge is 2.44. The molecule has 2 aliphatic heterocycles. The van der Waals surface area contributed by atoms with E-state index in [1.165, 1.54) is 17.1 Å². The maximum atomic E-state index is 13.4. The molecular weight excluding hydrogens is 390 g/mol. The van der Waals surface area contributed by atoms with Gasteiger partial charge in [0.15, 0.2) is 0 Å². The average molecular weight is 409 g/mol. The number of hydrogen-bond acceptors (Lipinski definition) is 7. The summed E-state index contributed by atoms with van der Waals surface area (Å²) < 4.78 is 7.20. The van der Waals surface area contributed by atoms with Gasteiger partial charge in [0.25, 0.3) is 5.91 Å². The van der Waals surface area contributed by atoms with Gasteiger partial charge in [-0.1, -0.05) is 18.2 Å². The van der Waals surface area contributed by atoms with Crippen LogP contribution >= 0.6 is 0 Å². The number of fused-ring (bicyclic) bond motifs is 2. The van der Waals surface area contributed by atoms with Gasteiger partial charge in [0.1, 0.15) is 12.9 Å². The van der Waals surface area contributed by atoms with Gasteiger partial charge in [0.05, 0.1) is 24.3 Å². The van der Waals surface area contributed by atoms with Crippen molar-refractivity contribution in [1.29, 1.82) is 0 Å². The molecule has 2 fully saturated rings. The number of aromatic amines is 1. The Morgan fingerprint density at radius 2 is 2.10 bits per heavy atom. The summed E-state index contributed by atoms with van der Waals surface area (Å²) in [5.74, 6) is -0.375. The number of rotatable bonds is 3. The number of para-hydroxylation sites is 1. The van der Waals surface area contributed by atoms with Crippen molar-refractivity contribution >= 4 is 22.7 Å². The van der Waals surface area contributed by atoms with E-state index in [-0.39, 0.29) is 36.1 Å². The Morgan fingerprint density at radius 3 is 2.93 bits per heavy atom. The van der Waals surface area contributed by atoms with E-state index >= 15 is 0 Å². The fourth-order valence-electron chi connectivity index (χ4n) is 4.17. The summed E-state index contributed by atoms with van der Waals surface area (Å²) in [5, 5.41) is 11.5. The molecular formula is C19H19N7O4. The first-order valence-electron chi connectivity index (χ1n) is 9.63. The number of ether oxygens (including phenoxy) is 1. The number of pyridine rings is 1. The van der Waals surface area contributed by atoms with E-state index in [2.05, 4.69) is 20.5 Å². The summed E-state index contributed by atoms with van der Waals surface area (Å²) in [6, 6.07) is 8.28. The van der Waals surface area contributed by atoms with Crippen molar-refractivity contribution < 1.29 is 14.3 Å². The molecule has 11 heteroatoms. The van der Waals surface area contributed by atoms with Gasteiger partial charge in [-0.05, 0) is 16.5 Å². The number of carbonyl (C=O) groups excluding carboxylic acids is 2. The number of nitrogens with one attached hydrogen (secondary N) is 1. The van der Waals surface area contributed by atoms with E-state index in [9.17, 15) is 14.4 Å². The fourth-order valence-corrected chi connectivity index (χ4v) is 4.17. The topological polar surface area (TPSA) is 126 Å². The van der Waals surface area contributed by atoms with Gasteiger partial charge < -0.3 is 19.5 Å². The molecule has 1 aromatic carbocycles. The standard InChI is InChI=1S/C19H19N7O4/c27-17-7-13(12-3-1-2-4-14(12)21-17)19(29)26-5-6-30-16-9-24(8-15(16)26)18(28)10-25-11-20-22-23-25/h1-4,7,11,15-16H,5-6,8-10H2,(H,21,27)/t15-,16+/m0/s1. The lowest BCUT2D eigenvalue weighted by Crippen LogP contribution is -2.53. The van der Waals surface area contributed by atoms with Crippen LogP contribution in [0.4, 0.5) is 0 Å². The van der Waals surface area contributed by atoms with Crippen LogP contribution in [0.2, 0.25) is 0 Å². The molecule has 2 aromatic heterocycles. The van der Waals surface area contributed by atoms with Crippen molar-refractivity contribution in [3.63, 3.8) is 0 Å². The molecule has 4 heterocycles. The third-order valence-electron chi connectivity index (χ3n) is 5.58. The van der Waals surface area contributed by atoms with Crippen molar-refractivity contribution in [1.82, 2.24) is 35.0 Å². The van der Waals surface area contributed by atoms with Gasteiger partial charge in [-0.2, -0.15) is 0 Å². The number of aromatic nitrogens is 5. The molecule has 154 valence electrons. The maximum absolute atomic E-state index is 13.4. The molecule has 2 amide bonds. The number of amides is 2. The molecule has 2 atom stereocenters. The Bertz CT molecular complexity index is 1160. The van der Waals surface area contributed by atoms with Gasteiger partial charge in [0, 0.05) is 36.6 Å². The van der Waals surface area contributed by atoms with Gasteiger partial charge in [-0.25, -0.2) is 4.68 Å². The van der Waals surface area contributed by atoms with E-state index < -0.39 is 0 Å². The number of likely N-dealkylation sites (tertiary alicyclic amines) is 1. The monoisotopic (exact) mass is 409 g/mol. The number of morpholine rings is 1. The van der Waals surface area contributed by atoms with Crippen molar-refractivity contribution in [2.75, 3.05) is 26.2 Å². The SMILES string of the molecule is O=C(Cn1cnnn1)N1C[C@H]2OCCN(C(=O)c3cc(=O)[nH]c4ccccc34)[C@H]2C1. The van der Waals surface area contributed by atoms with Crippen LogP contribution < -0.4 is 5.56 Å². The second kappa shape index (κ2) is 7.34. The molecule has 11 nitrogen and oxygen atoms in total. The normalized spacial score (nSPS) is 21.1. The summed E-state index contributed by atoms with van der Waals surface area (Å²) in [6.45, 7) is 1.56. The first-order valence-corrected chi connectivity index (χ1v) is 9.63. The summed E-state index contributed by atoms with van der Waals surface area (Å²) in [5.41, 5.74) is 0.642. The zero-order chi connectivity index (χ0) is 20.7. The predicted molar refractivity (Wildman–Crippen MR) is 104 cm³/mol. The molecule has 0 saturated carbocycles. The highest BCUT2D eigenvalue weighted by atomic mass is 16.5. The molecule has 30 heavy (non-hydrogen) atoms. The first kappa shape index (κ1) is 18.4. The molecule has 0 aliphatic carbocycles. The van der Waals surface area contributed by atoms with Crippen LogP contribution in [0, 0.1) is 0 Å². The molecule has 0 spiro atoms. The molecule has 1 N–H and O–H groups in total. The minimum Gasteiger partial charge on any atom is -0.372 e. The number of carbonyl (C=O) groups is 2. The lowest BCUT2D eigenvalue weighted by atomic mass is 10.0. The van der Waals surface area contributed by atoms with Crippen LogP contribution in [0.3, 0.4) is 0 Å². The predicted octanol–water partition coefficient (Wildman–Crippen LogP) is -0.733. The van der Waals surface area contributed by atoms with Crippen molar-refractivity contribution in [2.45, 2.75) is 18.7 Å². The maximum Gasteiger partial charge on any atom is 0.255 e. The van der Waals surface area contributed by atoms with Crippen LogP contribution in [0.1, 0.15) is 10.4 Å². The number of tetrazole rings is 1. The largest absolute Gasteiger partial charge is 0.372 e. The molecule has 2 saturated heterocycles. The van der Waals surface area contributed by atoms with Crippen LogP contribution in [0.5, 0.6) is 0 Å². The van der Waals surface area contributed by atoms with E-state index in [0.29, 0.717) is 42.7 Å². The Morgan fingerprint density at radius 1 is 1.23 bits per heavy atom. The van der Waals surface area contributed by atoms with Crippen LogP contribution in [-0.4, -0.2) is 85.2 Å². The lowest BCUT2D eigenvalue weighted by Gasteiger charge is -2.36. The minimum atomic E-state index is -0.327. The number of H-pyrrole nitrogens is 1. The smallest absolute Gasteiger partial charge is 0.255 e. The fraction of sp³-hybridized carbons (Fsp3) is 0.368. The van der Waals surface area contributed by atoms with Crippen molar-refractivity contribution in [2.24, 2.45) is 0 Å². The van der Waals surface area contributed by atoms with Crippen LogP contribution in [0.25, 0.3) is 10.9 Å². The number of benzene rings is 1. The van der Waals surface area contributed by atoms with Crippen molar-refractivity contribution in [3.8, 4) is 0 Å². The quantitative estimate of drug-likeness (QED) is 0.604. The Balaban J connectivity index is 1.40. The second-order valence-electron chi connectivity index (χ2n) is 7.37. The summed E-state index contributed by atoms with van der Waals surface area (Å²) in [7, 11) is 0. The average Bonchev–Trinajstić information content (AvgIpc) is 3.42. The van der Waals surface area contributed by atoms with Gasteiger partial charge in [-0.3, -0.25) is 14.4 Å². The van der Waals surface area contributed by atoms with E-state index in [0.717, 1.165) is 0 Å². The Hall–Kier alpha value is -3.60. The molecule has 0 bridgehead atoms. The zero-order valence-corrected chi connectivity index (χ0v) is 16.0. The van der Waals surface area contributed by atoms with E-state index in [1.54, 1.807) is 15.9 Å². The molecule has 3 aromatic rings. The number of hydrogen-bond donors (Lipinski definition) is 1. The Labute approximate surface area is 170 Å². The molecule has 2 aliphatic rings. The van der Waals surface area contributed by atoms with Gasteiger partial charge in [0.2, 0.25) is 11.5 Å². The number of nitrogens with zero attached hydrogens (tertiary/aromatic N) is 6. The Kier molecular flexibility index (Phi) is 4.51. The second-order valence-corrected chi connectivity index (χ2v) is 7.37. The summed E-state index contributed by atoms with van der Waals surface area (Å²) >= 11 is 0. The third-order valence-corrected chi connectivity index (χ3v) is 5.58. The molecule has 5 rings (SSSR count). The highest BCUT2D eigenvalue weighted by molar-refractivity contribution is 6.06. The molecule has 0 unspecified atom stereocenters. The van der Waals surface area contributed by atoms with E-state index in [1.807, 2.05) is 18.2 Å². The van der Waals surface area contributed by atoms with Gasteiger partial charge in [-0.15, -0.1) is 5.10 Å². The lowest BCUT2D eigenvalue weighted by molar-refractivity contribution is -0.131. The third kappa shape index (κ3) is 3.22. The van der Waals surface area contributed by atoms with Gasteiger partial charge >= 0.3 is 0 Å². The summed E-state index contributed by atoms with van der Waals surface area (Å²) in [4.78, 5) is 44.3. The summed E-state index contributed by atoms with van der Waals surface area (Å²) in [6.07, 6.45) is 1.11. The van der Waals surface area contributed by atoms with Crippen LogP contribution in [0.15, 0.2) is 41.5 Å².